The molecule has 1 unspecified atom stereocenters. The van der Waals surface area contributed by atoms with Crippen LogP contribution in [0, 0.1) is 0 Å². The van der Waals surface area contributed by atoms with Gasteiger partial charge in [-0.05, 0) is 52.0 Å². The molecule has 1 atom stereocenters. The molecule has 1 aliphatic rings. The van der Waals surface area contributed by atoms with E-state index >= 15 is 0 Å². The molecule has 3 aromatic rings. The number of hydrogen-bond donors (Lipinski definition) is 1. The number of fused-ring (bicyclic) bond motifs is 1. The fourth-order valence-electron chi connectivity index (χ4n) is 3.85. The van der Waals surface area contributed by atoms with Gasteiger partial charge in [0.2, 0.25) is 0 Å². The predicted octanol–water partition coefficient (Wildman–Crippen LogP) is 5.67. The largest absolute Gasteiger partial charge is 0.396 e. The Balaban J connectivity index is 1.96. The van der Waals surface area contributed by atoms with Crippen molar-refractivity contribution < 1.29 is 5.11 Å². The minimum Gasteiger partial charge on any atom is -0.396 e. The molecule has 0 saturated carbocycles. The Morgan fingerprint density at radius 1 is 0.800 bits per heavy atom. The third-order valence-electron chi connectivity index (χ3n) is 4.86. The summed E-state index contributed by atoms with van der Waals surface area (Å²) in [5, 5.41) is 10.5. The molecule has 0 fully saturated rings. The van der Waals surface area contributed by atoms with Crippen LogP contribution in [0.1, 0.15) is 34.6 Å². The first-order valence-electron chi connectivity index (χ1n) is 8.53. The van der Waals surface area contributed by atoms with Crippen LogP contribution in [0.3, 0.4) is 0 Å². The van der Waals surface area contributed by atoms with Gasteiger partial charge in [-0.3, -0.25) is 0 Å². The summed E-state index contributed by atoms with van der Waals surface area (Å²) in [5.41, 5.74) is 7.51. The van der Waals surface area contributed by atoms with Gasteiger partial charge in [0.1, 0.15) is 0 Å². The Kier molecular flexibility index (Phi) is 4.44. The van der Waals surface area contributed by atoms with E-state index < -0.39 is 0 Å². The number of aliphatic hydroxyl groups excluding tert-OH is 1. The first-order chi connectivity index (χ1) is 12.3. The number of halogens is 1. The van der Waals surface area contributed by atoms with E-state index in [2.05, 4.69) is 60.7 Å². The lowest BCUT2D eigenvalue weighted by atomic mass is 9.87. The summed E-state index contributed by atoms with van der Waals surface area (Å²) in [5.74, 6) is 0.163. The van der Waals surface area contributed by atoms with Crippen LogP contribution in [0.15, 0.2) is 84.4 Å². The Bertz CT molecular complexity index is 910. The van der Waals surface area contributed by atoms with E-state index in [1.165, 1.54) is 33.4 Å². The smallest absolute Gasteiger partial charge is 0.0468 e. The van der Waals surface area contributed by atoms with Crippen LogP contribution in [0.2, 0.25) is 5.02 Å². The molecule has 1 N–H and O–H groups in total. The maximum Gasteiger partial charge on any atom is 0.0468 e. The third-order valence-corrected chi connectivity index (χ3v) is 5.11. The van der Waals surface area contributed by atoms with E-state index in [9.17, 15) is 5.11 Å². The first kappa shape index (κ1) is 16.1. The molecule has 0 amide bonds. The van der Waals surface area contributed by atoms with Crippen molar-refractivity contribution in [2.75, 3.05) is 6.61 Å². The lowest BCUT2D eigenvalue weighted by Crippen LogP contribution is -2.03. The van der Waals surface area contributed by atoms with Crippen molar-refractivity contribution in [3.05, 3.63) is 112 Å². The van der Waals surface area contributed by atoms with Crippen LogP contribution in [0.5, 0.6) is 0 Å². The number of benzene rings is 3. The molecule has 0 bridgehead atoms. The van der Waals surface area contributed by atoms with Crippen LogP contribution < -0.4 is 0 Å². The van der Waals surface area contributed by atoms with E-state index in [4.69, 9.17) is 11.6 Å². The highest BCUT2D eigenvalue weighted by atomic mass is 35.5. The highest BCUT2D eigenvalue weighted by molar-refractivity contribution is 6.30. The molecule has 4 rings (SSSR count). The van der Waals surface area contributed by atoms with Crippen molar-refractivity contribution in [3.8, 4) is 0 Å². The van der Waals surface area contributed by atoms with E-state index in [1.807, 2.05) is 18.2 Å². The summed E-state index contributed by atoms with van der Waals surface area (Å²) in [6, 6.07) is 27.1. The second-order valence-electron chi connectivity index (χ2n) is 6.31. The van der Waals surface area contributed by atoms with Crippen LogP contribution in [-0.4, -0.2) is 11.7 Å². The molecule has 0 spiro atoms. The fraction of sp³-hybridized carbons (Fsp3) is 0.130. The summed E-state index contributed by atoms with van der Waals surface area (Å²) in [6.07, 6.45) is 0.659. The maximum absolute atomic E-state index is 9.72. The van der Waals surface area contributed by atoms with Gasteiger partial charge < -0.3 is 5.11 Å². The minimum absolute atomic E-state index is 0.143. The number of hydrogen-bond acceptors (Lipinski definition) is 1. The standard InChI is InChI=1S/C23H19ClO/c24-18-12-10-17(11-13-18)23-20-9-5-4-8-19(20)22(21(23)14-15-25)16-6-2-1-3-7-16/h1-13,23,25H,14-15H2. The molecular weight excluding hydrogens is 328 g/mol. The zero-order valence-electron chi connectivity index (χ0n) is 13.8. The topological polar surface area (TPSA) is 20.2 Å². The highest BCUT2D eigenvalue weighted by Crippen LogP contribution is 2.49. The van der Waals surface area contributed by atoms with E-state index in [1.54, 1.807) is 0 Å². The van der Waals surface area contributed by atoms with Gasteiger partial charge in [0.05, 0.1) is 0 Å². The average Bonchev–Trinajstić information content (AvgIpc) is 2.97. The Morgan fingerprint density at radius 3 is 2.20 bits per heavy atom. The zero-order valence-corrected chi connectivity index (χ0v) is 14.6. The van der Waals surface area contributed by atoms with Crippen molar-refractivity contribution in [2.45, 2.75) is 12.3 Å². The summed E-state index contributed by atoms with van der Waals surface area (Å²) < 4.78 is 0. The molecule has 3 aromatic carbocycles. The molecule has 0 aromatic heterocycles. The van der Waals surface area contributed by atoms with E-state index in [-0.39, 0.29) is 12.5 Å². The van der Waals surface area contributed by atoms with Crippen molar-refractivity contribution in [1.82, 2.24) is 0 Å². The van der Waals surface area contributed by atoms with Crippen LogP contribution in [0.4, 0.5) is 0 Å². The van der Waals surface area contributed by atoms with Crippen LogP contribution >= 0.6 is 11.6 Å². The van der Waals surface area contributed by atoms with Crippen molar-refractivity contribution in [3.63, 3.8) is 0 Å². The monoisotopic (exact) mass is 346 g/mol. The molecule has 0 heterocycles. The summed E-state index contributed by atoms with van der Waals surface area (Å²) >= 11 is 6.09. The Hall–Kier alpha value is -2.35. The van der Waals surface area contributed by atoms with Gasteiger partial charge in [-0.25, -0.2) is 0 Å². The molecule has 0 aliphatic heterocycles. The van der Waals surface area contributed by atoms with Gasteiger partial charge in [-0.15, -0.1) is 0 Å². The maximum atomic E-state index is 9.72. The van der Waals surface area contributed by atoms with E-state index in [0.29, 0.717) is 6.42 Å². The second-order valence-corrected chi connectivity index (χ2v) is 6.75. The lowest BCUT2D eigenvalue weighted by molar-refractivity contribution is 0.298. The lowest BCUT2D eigenvalue weighted by Gasteiger charge is -2.17. The van der Waals surface area contributed by atoms with Gasteiger partial charge in [0, 0.05) is 17.5 Å². The molecule has 1 aliphatic carbocycles. The molecule has 2 heteroatoms. The highest BCUT2D eigenvalue weighted by Gasteiger charge is 2.32. The molecule has 0 radical (unpaired) electrons. The second kappa shape index (κ2) is 6.87. The number of rotatable bonds is 4. The normalized spacial score (nSPS) is 16.2. The third kappa shape index (κ3) is 2.90. The minimum atomic E-state index is 0.143. The first-order valence-corrected chi connectivity index (χ1v) is 8.91. The van der Waals surface area contributed by atoms with Gasteiger partial charge in [0.25, 0.3) is 0 Å². The summed E-state index contributed by atoms with van der Waals surface area (Å²) in [6.45, 7) is 0.143. The van der Waals surface area contributed by atoms with Gasteiger partial charge in [-0.2, -0.15) is 0 Å². The van der Waals surface area contributed by atoms with Gasteiger partial charge in [0.15, 0.2) is 0 Å². The number of aliphatic hydroxyl groups is 1. The summed E-state index contributed by atoms with van der Waals surface area (Å²) in [4.78, 5) is 0. The fourth-order valence-corrected chi connectivity index (χ4v) is 3.98. The predicted molar refractivity (Wildman–Crippen MR) is 104 cm³/mol. The Labute approximate surface area is 153 Å². The molecule has 0 saturated heterocycles. The van der Waals surface area contributed by atoms with Crippen LogP contribution in [0.25, 0.3) is 5.57 Å². The van der Waals surface area contributed by atoms with Gasteiger partial charge in [-0.1, -0.05) is 78.3 Å². The average molecular weight is 347 g/mol. The van der Waals surface area contributed by atoms with Crippen molar-refractivity contribution >= 4 is 17.2 Å². The summed E-state index contributed by atoms with van der Waals surface area (Å²) in [7, 11) is 0. The SMILES string of the molecule is OCCC1=C(c2ccccc2)c2ccccc2C1c1ccc(Cl)cc1. The van der Waals surface area contributed by atoms with Gasteiger partial charge >= 0.3 is 0 Å². The molecule has 25 heavy (non-hydrogen) atoms. The molecule has 1 nitrogen and oxygen atoms in total. The van der Waals surface area contributed by atoms with E-state index in [0.717, 1.165) is 5.02 Å². The quantitative estimate of drug-likeness (QED) is 0.645. The van der Waals surface area contributed by atoms with Crippen LogP contribution in [-0.2, 0) is 0 Å². The zero-order chi connectivity index (χ0) is 17.2. The van der Waals surface area contributed by atoms with Crippen molar-refractivity contribution in [1.29, 1.82) is 0 Å². The molecule has 124 valence electrons. The van der Waals surface area contributed by atoms with Crippen molar-refractivity contribution in [2.24, 2.45) is 0 Å². The molecular formula is C23H19ClO. The Morgan fingerprint density at radius 2 is 1.48 bits per heavy atom.